The first-order valence-corrected chi connectivity index (χ1v) is 7.42. The molecule has 0 amide bonds. The van der Waals surface area contributed by atoms with Crippen LogP contribution in [-0.2, 0) is 5.41 Å². The van der Waals surface area contributed by atoms with E-state index < -0.39 is 0 Å². The summed E-state index contributed by atoms with van der Waals surface area (Å²) in [6.45, 7) is 12.0. The standard InChI is InChI=1S/C17H27NO/c1-13-7-5-9-15(17(2,3)4)16(13)19-12-14-8-6-10-18-11-14/h5,7,9,14,18H,6,8,10-12H2,1-4H3. The largest absolute Gasteiger partial charge is 0.493 e. The summed E-state index contributed by atoms with van der Waals surface area (Å²) in [5.41, 5.74) is 2.69. The molecule has 1 aromatic carbocycles. The maximum Gasteiger partial charge on any atom is 0.125 e. The van der Waals surface area contributed by atoms with Crippen molar-refractivity contribution in [3.8, 4) is 5.75 Å². The predicted octanol–water partition coefficient (Wildman–Crippen LogP) is 3.67. The fourth-order valence-electron chi connectivity index (χ4n) is 2.70. The number of para-hydroxylation sites is 1. The molecule has 19 heavy (non-hydrogen) atoms. The van der Waals surface area contributed by atoms with Crippen LogP contribution in [0.4, 0.5) is 0 Å². The molecule has 1 unspecified atom stereocenters. The van der Waals surface area contributed by atoms with E-state index >= 15 is 0 Å². The van der Waals surface area contributed by atoms with E-state index in [4.69, 9.17) is 4.74 Å². The van der Waals surface area contributed by atoms with Crippen LogP contribution in [0, 0.1) is 12.8 Å². The van der Waals surface area contributed by atoms with Gasteiger partial charge in [-0.2, -0.15) is 0 Å². The molecule has 1 aliphatic heterocycles. The highest BCUT2D eigenvalue weighted by atomic mass is 16.5. The van der Waals surface area contributed by atoms with Gasteiger partial charge in [-0.15, -0.1) is 0 Å². The molecule has 106 valence electrons. The summed E-state index contributed by atoms with van der Waals surface area (Å²) in [5.74, 6) is 1.75. The first-order valence-electron chi connectivity index (χ1n) is 7.42. The summed E-state index contributed by atoms with van der Waals surface area (Å²) < 4.78 is 6.19. The summed E-state index contributed by atoms with van der Waals surface area (Å²) in [7, 11) is 0. The maximum absolute atomic E-state index is 6.19. The minimum absolute atomic E-state index is 0.131. The monoisotopic (exact) mass is 261 g/mol. The fourth-order valence-corrected chi connectivity index (χ4v) is 2.70. The third-order valence-electron chi connectivity index (χ3n) is 3.88. The predicted molar refractivity (Wildman–Crippen MR) is 81.0 cm³/mol. The first kappa shape index (κ1) is 14.4. The average Bonchev–Trinajstić information content (AvgIpc) is 2.37. The molecule has 1 aromatic rings. The van der Waals surface area contributed by atoms with E-state index in [1.54, 1.807) is 0 Å². The molecule has 1 N–H and O–H groups in total. The molecular weight excluding hydrogens is 234 g/mol. The zero-order valence-electron chi connectivity index (χ0n) is 12.8. The molecule has 0 aliphatic carbocycles. The Morgan fingerprint density at radius 2 is 2.11 bits per heavy atom. The van der Waals surface area contributed by atoms with Gasteiger partial charge < -0.3 is 10.1 Å². The number of hydrogen-bond donors (Lipinski definition) is 1. The Morgan fingerprint density at radius 1 is 1.32 bits per heavy atom. The van der Waals surface area contributed by atoms with E-state index in [2.05, 4.69) is 51.2 Å². The molecule has 2 heteroatoms. The van der Waals surface area contributed by atoms with Crippen molar-refractivity contribution in [2.24, 2.45) is 5.92 Å². The van der Waals surface area contributed by atoms with Crippen LogP contribution >= 0.6 is 0 Å². The summed E-state index contributed by atoms with van der Waals surface area (Å²) in [5, 5.41) is 3.45. The van der Waals surface area contributed by atoms with Gasteiger partial charge in [0.25, 0.3) is 0 Å². The molecule has 2 rings (SSSR count). The van der Waals surface area contributed by atoms with E-state index in [0.717, 1.165) is 25.4 Å². The number of aryl methyl sites for hydroxylation is 1. The SMILES string of the molecule is Cc1cccc(C(C)(C)C)c1OCC1CCCNC1. The summed E-state index contributed by atoms with van der Waals surface area (Å²) in [4.78, 5) is 0. The molecule has 0 aromatic heterocycles. The van der Waals surface area contributed by atoms with Crippen molar-refractivity contribution in [1.82, 2.24) is 5.32 Å². The van der Waals surface area contributed by atoms with Gasteiger partial charge in [0.15, 0.2) is 0 Å². The lowest BCUT2D eigenvalue weighted by molar-refractivity contribution is 0.214. The van der Waals surface area contributed by atoms with Crippen molar-refractivity contribution in [3.63, 3.8) is 0 Å². The number of hydrogen-bond acceptors (Lipinski definition) is 2. The van der Waals surface area contributed by atoms with Crippen molar-refractivity contribution in [2.75, 3.05) is 19.7 Å². The minimum Gasteiger partial charge on any atom is -0.493 e. The van der Waals surface area contributed by atoms with Gasteiger partial charge in [-0.3, -0.25) is 0 Å². The van der Waals surface area contributed by atoms with Gasteiger partial charge >= 0.3 is 0 Å². The summed E-state index contributed by atoms with van der Waals surface area (Å²) in [6, 6.07) is 6.47. The van der Waals surface area contributed by atoms with Gasteiger partial charge in [0.1, 0.15) is 5.75 Å². The molecule has 1 saturated heterocycles. The highest BCUT2D eigenvalue weighted by Gasteiger charge is 2.21. The van der Waals surface area contributed by atoms with Crippen LogP contribution in [0.1, 0.15) is 44.7 Å². The van der Waals surface area contributed by atoms with Crippen LogP contribution in [0.2, 0.25) is 0 Å². The third kappa shape index (κ3) is 3.73. The molecule has 0 radical (unpaired) electrons. The Hall–Kier alpha value is -1.02. The Labute approximate surface area is 117 Å². The number of ether oxygens (including phenoxy) is 1. The smallest absolute Gasteiger partial charge is 0.125 e. The molecular formula is C17H27NO. The van der Waals surface area contributed by atoms with Crippen LogP contribution in [0.3, 0.4) is 0 Å². The van der Waals surface area contributed by atoms with Gasteiger partial charge in [0, 0.05) is 12.5 Å². The molecule has 0 spiro atoms. The van der Waals surface area contributed by atoms with E-state index in [-0.39, 0.29) is 5.41 Å². The van der Waals surface area contributed by atoms with Crippen molar-refractivity contribution >= 4 is 0 Å². The summed E-state index contributed by atoms with van der Waals surface area (Å²) in [6.07, 6.45) is 2.55. The number of benzene rings is 1. The fraction of sp³-hybridized carbons (Fsp3) is 0.647. The molecule has 1 aliphatic rings. The van der Waals surface area contributed by atoms with Crippen LogP contribution in [0.25, 0.3) is 0 Å². The average molecular weight is 261 g/mol. The lowest BCUT2D eigenvalue weighted by atomic mass is 9.85. The minimum atomic E-state index is 0.131. The molecule has 0 bridgehead atoms. The second-order valence-corrected chi connectivity index (χ2v) is 6.72. The topological polar surface area (TPSA) is 21.3 Å². The Bertz CT molecular complexity index is 414. The molecule has 2 nitrogen and oxygen atoms in total. The quantitative estimate of drug-likeness (QED) is 0.896. The third-order valence-corrected chi connectivity index (χ3v) is 3.88. The Morgan fingerprint density at radius 3 is 2.74 bits per heavy atom. The van der Waals surface area contributed by atoms with Gasteiger partial charge in [-0.05, 0) is 42.9 Å². The normalized spacial score (nSPS) is 20.3. The lowest BCUT2D eigenvalue weighted by Gasteiger charge is -2.27. The van der Waals surface area contributed by atoms with E-state index in [0.29, 0.717) is 5.92 Å². The zero-order valence-corrected chi connectivity index (χ0v) is 12.8. The lowest BCUT2D eigenvalue weighted by Crippen LogP contribution is -2.33. The summed E-state index contributed by atoms with van der Waals surface area (Å²) >= 11 is 0. The molecule has 0 saturated carbocycles. The number of nitrogens with one attached hydrogen (secondary N) is 1. The van der Waals surface area contributed by atoms with Gasteiger partial charge in [-0.1, -0.05) is 39.0 Å². The van der Waals surface area contributed by atoms with Crippen LogP contribution < -0.4 is 10.1 Å². The second kappa shape index (κ2) is 5.96. The van der Waals surface area contributed by atoms with Gasteiger partial charge in [0.05, 0.1) is 6.61 Å². The van der Waals surface area contributed by atoms with Crippen LogP contribution in [-0.4, -0.2) is 19.7 Å². The maximum atomic E-state index is 6.19. The highest BCUT2D eigenvalue weighted by molar-refractivity contribution is 5.44. The Kier molecular flexibility index (Phi) is 4.51. The highest BCUT2D eigenvalue weighted by Crippen LogP contribution is 2.34. The zero-order chi connectivity index (χ0) is 13.9. The van der Waals surface area contributed by atoms with Gasteiger partial charge in [-0.25, -0.2) is 0 Å². The van der Waals surface area contributed by atoms with E-state index in [1.165, 1.54) is 24.0 Å². The van der Waals surface area contributed by atoms with Gasteiger partial charge in [0.2, 0.25) is 0 Å². The molecule has 1 fully saturated rings. The first-order chi connectivity index (χ1) is 8.98. The van der Waals surface area contributed by atoms with Crippen molar-refractivity contribution < 1.29 is 4.74 Å². The van der Waals surface area contributed by atoms with Crippen LogP contribution in [0.15, 0.2) is 18.2 Å². The van der Waals surface area contributed by atoms with Crippen LogP contribution in [0.5, 0.6) is 5.75 Å². The van der Waals surface area contributed by atoms with E-state index in [1.807, 2.05) is 0 Å². The number of rotatable bonds is 3. The Balaban J connectivity index is 2.10. The number of piperidine rings is 1. The second-order valence-electron chi connectivity index (χ2n) is 6.72. The molecule has 1 heterocycles. The van der Waals surface area contributed by atoms with Crippen molar-refractivity contribution in [1.29, 1.82) is 0 Å². The van der Waals surface area contributed by atoms with Crippen molar-refractivity contribution in [3.05, 3.63) is 29.3 Å². The molecule has 1 atom stereocenters. The van der Waals surface area contributed by atoms with E-state index in [9.17, 15) is 0 Å². The van der Waals surface area contributed by atoms with Crippen molar-refractivity contribution in [2.45, 2.75) is 46.0 Å².